The zero-order chi connectivity index (χ0) is 18.6. The maximum Gasteiger partial charge on any atom is 0.302 e. The number of ether oxygens (including phenoxy) is 3. The van der Waals surface area contributed by atoms with Crippen LogP contribution in [0.5, 0.6) is 11.5 Å². The summed E-state index contributed by atoms with van der Waals surface area (Å²) in [5, 5.41) is 39.9. The first kappa shape index (κ1) is 19.2. The van der Waals surface area contributed by atoms with Crippen LogP contribution in [-0.4, -0.2) is 63.7 Å². The molecule has 0 aromatic heterocycles. The summed E-state index contributed by atoms with van der Waals surface area (Å²) in [6.45, 7) is 4.50. The van der Waals surface area contributed by atoms with Crippen molar-refractivity contribution < 1.29 is 39.4 Å². The van der Waals surface area contributed by atoms with Crippen LogP contribution in [0, 0.1) is 0 Å². The molecule has 0 bridgehead atoms. The SMILES string of the molecule is C=CCc1ccc(O)c(OC2OC(COC(C)=O)C(O)C(O)C2O)c1. The number of hydrogen-bond donors (Lipinski definition) is 4. The van der Waals surface area contributed by atoms with Gasteiger partial charge >= 0.3 is 5.97 Å². The molecule has 8 heteroatoms. The van der Waals surface area contributed by atoms with E-state index in [9.17, 15) is 25.2 Å². The van der Waals surface area contributed by atoms with Crippen LogP contribution in [-0.2, 0) is 20.7 Å². The van der Waals surface area contributed by atoms with Crippen LogP contribution in [0.15, 0.2) is 30.9 Å². The highest BCUT2D eigenvalue weighted by Crippen LogP contribution is 2.31. The quantitative estimate of drug-likeness (QED) is 0.411. The summed E-state index contributed by atoms with van der Waals surface area (Å²) in [4.78, 5) is 10.9. The minimum atomic E-state index is -1.57. The summed E-state index contributed by atoms with van der Waals surface area (Å²) in [7, 11) is 0. The van der Waals surface area contributed by atoms with Gasteiger partial charge in [-0.15, -0.1) is 6.58 Å². The Balaban J connectivity index is 2.15. The Morgan fingerprint density at radius 2 is 2.00 bits per heavy atom. The molecule has 5 unspecified atom stereocenters. The maximum absolute atomic E-state index is 10.9. The van der Waals surface area contributed by atoms with Gasteiger partial charge in [0.25, 0.3) is 0 Å². The molecule has 0 aliphatic carbocycles. The minimum absolute atomic E-state index is 0.0400. The van der Waals surface area contributed by atoms with Crippen molar-refractivity contribution in [3.63, 3.8) is 0 Å². The molecule has 0 saturated carbocycles. The second-order valence-electron chi connectivity index (χ2n) is 5.73. The molecule has 1 aromatic rings. The van der Waals surface area contributed by atoms with Gasteiger partial charge in [0.15, 0.2) is 11.5 Å². The fraction of sp³-hybridized carbons (Fsp3) is 0.471. The lowest BCUT2D eigenvalue weighted by Gasteiger charge is -2.39. The number of esters is 1. The Morgan fingerprint density at radius 3 is 2.64 bits per heavy atom. The normalized spacial score (nSPS) is 29.0. The molecule has 1 saturated heterocycles. The Bertz CT molecular complexity index is 617. The van der Waals surface area contributed by atoms with Gasteiger partial charge in [0.05, 0.1) is 0 Å². The summed E-state index contributed by atoms with van der Waals surface area (Å²) in [5.74, 6) is -0.720. The molecular formula is C17H22O8. The van der Waals surface area contributed by atoms with Crippen molar-refractivity contribution in [3.05, 3.63) is 36.4 Å². The molecule has 4 N–H and O–H groups in total. The molecule has 1 aliphatic rings. The van der Waals surface area contributed by atoms with Gasteiger partial charge in [0.2, 0.25) is 6.29 Å². The lowest BCUT2D eigenvalue weighted by atomic mass is 9.99. The monoisotopic (exact) mass is 354 g/mol. The minimum Gasteiger partial charge on any atom is -0.504 e. The van der Waals surface area contributed by atoms with Crippen molar-refractivity contribution in [2.75, 3.05) is 6.61 Å². The van der Waals surface area contributed by atoms with Crippen molar-refractivity contribution in [3.8, 4) is 11.5 Å². The molecular weight excluding hydrogens is 332 g/mol. The van der Waals surface area contributed by atoms with E-state index in [0.29, 0.717) is 6.42 Å². The average Bonchev–Trinajstić information content (AvgIpc) is 2.57. The summed E-state index contributed by atoms with van der Waals surface area (Å²) >= 11 is 0. The number of allylic oxidation sites excluding steroid dienone is 1. The number of phenolic OH excluding ortho intramolecular Hbond substituents is 1. The van der Waals surface area contributed by atoms with Crippen LogP contribution in [0.4, 0.5) is 0 Å². The molecule has 8 nitrogen and oxygen atoms in total. The third-order valence-electron chi connectivity index (χ3n) is 3.77. The molecule has 138 valence electrons. The first-order valence-electron chi connectivity index (χ1n) is 7.76. The maximum atomic E-state index is 10.9. The third kappa shape index (κ3) is 4.70. The highest BCUT2D eigenvalue weighted by atomic mass is 16.7. The Labute approximate surface area is 144 Å². The standard InChI is InChI=1S/C17H22O8/c1-3-4-10-5-6-11(19)12(7-10)24-17-16(22)15(21)14(20)13(25-17)8-23-9(2)18/h3,5-7,13-17,19-22H,1,4,8H2,2H3. The van der Waals surface area contributed by atoms with Gasteiger partial charge in [-0.05, 0) is 24.1 Å². The zero-order valence-electron chi connectivity index (χ0n) is 13.7. The van der Waals surface area contributed by atoms with E-state index < -0.39 is 36.7 Å². The molecule has 2 rings (SSSR count). The van der Waals surface area contributed by atoms with E-state index in [0.717, 1.165) is 5.56 Å². The first-order chi connectivity index (χ1) is 11.8. The average molecular weight is 354 g/mol. The van der Waals surface area contributed by atoms with Crippen molar-refractivity contribution in [2.24, 2.45) is 0 Å². The van der Waals surface area contributed by atoms with Crippen molar-refractivity contribution in [1.29, 1.82) is 0 Å². The zero-order valence-corrected chi connectivity index (χ0v) is 13.7. The van der Waals surface area contributed by atoms with Crippen LogP contribution in [0.1, 0.15) is 12.5 Å². The van der Waals surface area contributed by atoms with Crippen LogP contribution in [0.3, 0.4) is 0 Å². The van der Waals surface area contributed by atoms with Crippen molar-refractivity contribution in [2.45, 2.75) is 44.1 Å². The first-order valence-corrected chi connectivity index (χ1v) is 7.76. The highest BCUT2D eigenvalue weighted by molar-refractivity contribution is 5.65. The second kappa shape index (κ2) is 8.30. The smallest absolute Gasteiger partial charge is 0.302 e. The number of benzene rings is 1. The van der Waals surface area contributed by atoms with Gasteiger partial charge in [-0.25, -0.2) is 0 Å². The van der Waals surface area contributed by atoms with Crippen LogP contribution >= 0.6 is 0 Å². The number of aliphatic hydroxyl groups is 3. The predicted octanol–water partition coefficient (Wildman–Crippen LogP) is -0.130. The summed E-state index contributed by atoms with van der Waals surface area (Å²) in [6.07, 6.45) is -4.84. The predicted molar refractivity (Wildman–Crippen MR) is 86.0 cm³/mol. The number of aromatic hydroxyl groups is 1. The number of aliphatic hydroxyl groups excluding tert-OH is 3. The molecule has 1 aromatic carbocycles. The van der Waals surface area contributed by atoms with Crippen molar-refractivity contribution >= 4 is 5.97 Å². The van der Waals surface area contributed by atoms with E-state index in [1.165, 1.54) is 13.0 Å². The lowest BCUT2D eigenvalue weighted by molar-refractivity contribution is -0.278. The number of hydrogen-bond acceptors (Lipinski definition) is 8. The second-order valence-corrected chi connectivity index (χ2v) is 5.73. The van der Waals surface area contributed by atoms with E-state index in [4.69, 9.17) is 14.2 Å². The molecule has 0 amide bonds. The number of rotatable bonds is 6. The summed E-state index contributed by atoms with van der Waals surface area (Å²) < 4.78 is 15.6. The largest absolute Gasteiger partial charge is 0.504 e. The van der Waals surface area contributed by atoms with Gasteiger partial charge in [0, 0.05) is 6.92 Å². The number of phenols is 1. The van der Waals surface area contributed by atoms with Gasteiger partial charge in [-0.3, -0.25) is 4.79 Å². The fourth-order valence-corrected chi connectivity index (χ4v) is 2.42. The van der Waals surface area contributed by atoms with Gasteiger partial charge in [-0.2, -0.15) is 0 Å². The van der Waals surface area contributed by atoms with Crippen molar-refractivity contribution in [1.82, 2.24) is 0 Å². The summed E-state index contributed by atoms with van der Waals surface area (Å²) in [5.41, 5.74) is 0.810. The molecule has 1 heterocycles. The molecule has 25 heavy (non-hydrogen) atoms. The number of carbonyl (C=O) groups excluding carboxylic acids is 1. The third-order valence-corrected chi connectivity index (χ3v) is 3.77. The Hall–Kier alpha value is -2.13. The molecule has 0 spiro atoms. The van der Waals surface area contributed by atoms with Gasteiger partial charge < -0.3 is 34.6 Å². The molecule has 5 atom stereocenters. The Morgan fingerprint density at radius 1 is 1.28 bits per heavy atom. The highest BCUT2D eigenvalue weighted by Gasteiger charge is 2.45. The van der Waals surface area contributed by atoms with Crippen LogP contribution in [0.25, 0.3) is 0 Å². The summed E-state index contributed by atoms with van der Waals surface area (Å²) in [6, 6.07) is 4.65. The van der Waals surface area contributed by atoms with E-state index in [2.05, 4.69) is 6.58 Å². The molecule has 1 fully saturated rings. The van der Waals surface area contributed by atoms with Crippen LogP contribution in [0.2, 0.25) is 0 Å². The van der Waals surface area contributed by atoms with E-state index >= 15 is 0 Å². The van der Waals surface area contributed by atoms with Gasteiger partial charge in [-0.1, -0.05) is 12.1 Å². The topological polar surface area (TPSA) is 126 Å². The van der Waals surface area contributed by atoms with E-state index in [1.807, 2.05) is 0 Å². The van der Waals surface area contributed by atoms with Crippen LogP contribution < -0.4 is 4.74 Å². The molecule has 0 radical (unpaired) electrons. The van der Waals surface area contributed by atoms with Gasteiger partial charge in [0.1, 0.15) is 31.0 Å². The Kier molecular flexibility index (Phi) is 6.38. The number of carbonyl (C=O) groups is 1. The molecule has 1 aliphatic heterocycles. The lowest BCUT2D eigenvalue weighted by Crippen LogP contribution is -2.60. The van der Waals surface area contributed by atoms with E-state index in [-0.39, 0.29) is 18.1 Å². The van der Waals surface area contributed by atoms with E-state index in [1.54, 1.807) is 18.2 Å². The fourth-order valence-electron chi connectivity index (χ4n) is 2.42.